The van der Waals surface area contributed by atoms with E-state index in [2.05, 4.69) is 9.60 Å². The van der Waals surface area contributed by atoms with E-state index in [1.807, 2.05) is 0 Å². The van der Waals surface area contributed by atoms with Gasteiger partial charge in [0, 0.05) is 13.5 Å². The molecule has 0 unspecified atom stereocenters. The maximum Gasteiger partial charge on any atom is 1.00 e. The third-order valence-corrected chi connectivity index (χ3v) is 3.82. The van der Waals surface area contributed by atoms with Crippen LogP contribution in [0.15, 0.2) is 11.6 Å². The number of urea groups is 1. The molecule has 2 aliphatic rings. The molecule has 0 spiro atoms. The van der Waals surface area contributed by atoms with Crippen molar-refractivity contribution in [1.29, 1.82) is 0 Å². The van der Waals surface area contributed by atoms with Gasteiger partial charge in [-0.2, -0.15) is 9.35 Å². The number of nitrogens with one attached hydrogen (secondary N) is 1. The zero-order valence-corrected chi connectivity index (χ0v) is 15.9. The molecule has 0 aromatic heterocycles. The number of carbonyl (C=O) groups is 3. The van der Waals surface area contributed by atoms with Crippen LogP contribution in [0.5, 0.6) is 0 Å². The zero-order chi connectivity index (χ0) is 17.4. The van der Waals surface area contributed by atoms with Crippen LogP contribution in [0, 0.1) is 0 Å². The summed E-state index contributed by atoms with van der Waals surface area (Å²) in [5.74, 6) is -1.08. The van der Waals surface area contributed by atoms with Crippen molar-refractivity contribution in [2.24, 2.45) is 5.73 Å². The van der Waals surface area contributed by atoms with Crippen molar-refractivity contribution in [3.63, 3.8) is 0 Å². The van der Waals surface area contributed by atoms with Crippen molar-refractivity contribution in [1.82, 2.24) is 15.3 Å². The smallest absolute Gasteiger partial charge is 0.724 e. The fourth-order valence-corrected chi connectivity index (χ4v) is 2.92. The number of rotatable bonds is 6. The predicted octanol–water partition coefficient (Wildman–Crippen LogP) is -5.19. The Kier molecular flexibility index (Phi) is 6.78. The first kappa shape index (κ1) is 20.9. The summed E-state index contributed by atoms with van der Waals surface area (Å²) in [6, 6.07) is -2.87. The Labute approximate surface area is 160 Å². The molecule has 4 amide bonds. The average molecular weight is 370 g/mol. The molecule has 0 radical (unpaired) electrons. The van der Waals surface area contributed by atoms with Gasteiger partial charge in [0.25, 0.3) is 0 Å². The minimum atomic E-state index is -5.16. The Morgan fingerprint density at radius 3 is 2.62 bits per heavy atom. The summed E-state index contributed by atoms with van der Waals surface area (Å²) in [6.07, 6.45) is 1.64. The Bertz CT molecular complexity index is 680. The van der Waals surface area contributed by atoms with Gasteiger partial charge in [-0.1, -0.05) is 6.08 Å². The number of nitrogens with two attached hydrogens (primary N) is 1. The number of fused-ring (bicyclic) bond motifs is 2. The van der Waals surface area contributed by atoms with Crippen molar-refractivity contribution < 1.29 is 61.2 Å². The number of hydrogen-bond donors (Lipinski definition) is 2. The van der Waals surface area contributed by atoms with Crippen LogP contribution < -0.4 is 40.6 Å². The summed E-state index contributed by atoms with van der Waals surface area (Å²) in [5, 5.41) is 2.96. The van der Waals surface area contributed by atoms with Crippen LogP contribution in [-0.2, 0) is 24.3 Å². The van der Waals surface area contributed by atoms with E-state index in [9.17, 15) is 27.4 Å². The zero-order valence-electron chi connectivity index (χ0n) is 13.1. The third kappa shape index (κ3) is 4.68. The van der Waals surface area contributed by atoms with Gasteiger partial charge in [0.2, 0.25) is 22.2 Å². The SMILES string of the molecule is CC(=O)NCCC1=C[C@@H](C(N)=O)N2C[C@@H]1N(OS(=O)(=O)[O-])C2=O.[Na+]. The molecule has 24 heavy (non-hydrogen) atoms. The van der Waals surface area contributed by atoms with Crippen LogP contribution in [0.1, 0.15) is 13.3 Å². The minimum absolute atomic E-state index is 0. The maximum atomic E-state index is 12.1. The molecule has 1 fully saturated rings. The van der Waals surface area contributed by atoms with Crippen molar-refractivity contribution >= 4 is 28.2 Å². The van der Waals surface area contributed by atoms with Gasteiger partial charge in [-0.25, -0.2) is 13.2 Å². The second-order valence-electron chi connectivity index (χ2n) is 5.08. The van der Waals surface area contributed by atoms with E-state index in [-0.39, 0.29) is 55.0 Å². The van der Waals surface area contributed by atoms with Crippen LogP contribution in [0.2, 0.25) is 0 Å². The summed E-state index contributed by atoms with van der Waals surface area (Å²) in [7, 11) is -5.16. The summed E-state index contributed by atoms with van der Waals surface area (Å²) in [5.41, 5.74) is 5.71. The number of hydrogen-bond acceptors (Lipinski definition) is 7. The molecular formula is C11H15N4NaO7S. The van der Waals surface area contributed by atoms with Gasteiger partial charge in [-0.05, 0) is 12.0 Å². The topological polar surface area (TPSA) is 162 Å². The Morgan fingerprint density at radius 1 is 1.50 bits per heavy atom. The van der Waals surface area contributed by atoms with Gasteiger partial charge in [0.1, 0.15) is 12.1 Å². The fraction of sp³-hybridized carbons (Fsp3) is 0.545. The first-order valence-corrected chi connectivity index (χ1v) is 7.93. The van der Waals surface area contributed by atoms with Crippen molar-refractivity contribution in [2.75, 3.05) is 13.1 Å². The first-order valence-electron chi connectivity index (χ1n) is 6.59. The summed E-state index contributed by atoms with van der Waals surface area (Å²) in [6.45, 7) is 1.48. The molecule has 2 rings (SSSR count). The molecule has 1 saturated heterocycles. The molecule has 0 aliphatic carbocycles. The van der Waals surface area contributed by atoms with Gasteiger partial charge in [0.15, 0.2) is 0 Å². The number of primary amides is 1. The number of nitrogens with zero attached hydrogens (tertiary/aromatic N) is 2. The Hall–Kier alpha value is -1.18. The van der Waals surface area contributed by atoms with E-state index >= 15 is 0 Å². The van der Waals surface area contributed by atoms with E-state index in [1.54, 1.807) is 0 Å². The normalized spacial score (nSPS) is 22.8. The van der Waals surface area contributed by atoms with Crippen LogP contribution in [0.3, 0.4) is 0 Å². The van der Waals surface area contributed by atoms with Gasteiger partial charge < -0.3 is 20.5 Å². The van der Waals surface area contributed by atoms with Crippen LogP contribution in [-0.4, -0.2) is 66.0 Å². The Morgan fingerprint density at radius 2 is 2.12 bits per heavy atom. The second-order valence-corrected chi connectivity index (χ2v) is 6.05. The molecule has 2 heterocycles. The average Bonchev–Trinajstić information content (AvgIpc) is 2.65. The van der Waals surface area contributed by atoms with E-state index < -0.39 is 34.4 Å². The summed E-state index contributed by atoms with van der Waals surface area (Å²) in [4.78, 5) is 35.5. The minimum Gasteiger partial charge on any atom is -0.724 e. The predicted molar refractivity (Wildman–Crippen MR) is 72.9 cm³/mol. The third-order valence-electron chi connectivity index (χ3n) is 3.47. The van der Waals surface area contributed by atoms with E-state index in [4.69, 9.17) is 5.73 Å². The molecule has 3 N–H and O–H groups in total. The largest absolute Gasteiger partial charge is 1.00 e. The standard InChI is InChI=1S/C11H16N4O7S.Na/c1-6(16)13-3-2-7-4-8(10(12)17)14-5-9(7)15(11(14)18)22-23(19,20)21;/h4,8-9H,2-3,5H2,1H3,(H2,12,17)(H,13,16)(H,19,20,21);/q;+1/p-1/t8-,9-;/m0./s1. The van der Waals surface area contributed by atoms with Crippen molar-refractivity contribution in [3.8, 4) is 0 Å². The molecule has 0 saturated carbocycles. The van der Waals surface area contributed by atoms with Gasteiger partial charge in [0.05, 0.1) is 6.54 Å². The van der Waals surface area contributed by atoms with Crippen LogP contribution in [0.25, 0.3) is 0 Å². The molecule has 0 aromatic rings. The molecule has 0 aromatic carbocycles. The molecule has 128 valence electrons. The second kappa shape index (κ2) is 7.80. The number of hydroxylamine groups is 2. The number of amides is 4. The molecule has 2 aliphatic heterocycles. The van der Waals surface area contributed by atoms with Gasteiger partial charge in [-0.3, -0.25) is 9.59 Å². The number of carbonyl (C=O) groups excluding carboxylic acids is 3. The summed E-state index contributed by atoms with van der Waals surface area (Å²) >= 11 is 0. The van der Waals surface area contributed by atoms with E-state index in [1.165, 1.54) is 13.0 Å². The molecule has 11 nitrogen and oxygen atoms in total. The summed E-state index contributed by atoms with van der Waals surface area (Å²) < 4.78 is 36.6. The van der Waals surface area contributed by atoms with Crippen LogP contribution >= 0.6 is 0 Å². The van der Waals surface area contributed by atoms with Gasteiger partial charge in [-0.15, -0.1) is 0 Å². The molecule has 2 bridgehead atoms. The monoisotopic (exact) mass is 370 g/mol. The quantitative estimate of drug-likeness (QED) is 0.204. The molecule has 13 heteroatoms. The van der Waals surface area contributed by atoms with Crippen molar-refractivity contribution in [2.45, 2.75) is 25.4 Å². The van der Waals surface area contributed by atoms with E-state index in [0.717, 1.165) is 4.90 Å². The van der Waals surface area contributed by atoms with Crippen molar-refractivity contribution in [3.05, 3.63) is 11.6 Å². The molecular weight excluding hydrogens is 355 g/mol. The maximum absolute atomic E-state index is 12.1. The van der Waals surface area contributed by atoms with Gasteiger partial charge >= 0.3 is 35.6 Å². The van der Waals surface area contributed by atoms with E-state index in [0.29, 0.717) is 10.6 Å². The first-order chi connectivity index (χ1) is 10.6. The molecule has 2 atom stereocenters. The fourth-order valence-electron chi connectivity index (χ4n) is 2.55. The van der Waals surface area contributed by atoms with Crippen LogP contribution in [0.4, 0.5) is 4.79 Å². The Balaban J connectivity index is 0.00000288.